The monoisotopic (exact) mass is 457 g/mol. The molecule has 0 aliphatic carbocycles. The van der Waals surface area contributed by atoms with Crippen LogP contribution in [0.3, 0.4) is 0 Å². The first-order chi connectivity index (χ1) is 14.5. The highest BCUT2D eigenvalue weighted by Crippen LogP contribution is 2.40. The number of ether oxygens (including phenoxy) is 2. The van der Waals surface area contributed by atoms with Crippen LogP contribution in [0, 0.1) is 0 Å². The van der Waals surface area contributed by atoms with Gasteiger partial charge in [-0.05, 0) is 61.4 Å². The highest BCUT2D eigenvalue weighted by Gasteiger charge is 2.30. The Morgan fingerprint density at radius 3 is 2.06 bits per heavy atom. The third kappa shape index (κ3) is 5.41. The molecule has 0 unspecified atom stereocenters. The predicted molar refractivity (Wildman–Crippen MR) is 128 cm³/mol. The van der Waals surface area contributed by atoms with E-state index in [1.54, 1.807) is 32.9 Å². The third-order valence-electron chi connectivity index (χ3n) is 4.88. The molecule has 0 N–H and O–H groups in total. The van der Waals surface area contributed by atoms with Crippen molar-refractivity contribution in [3.05, 3.63) is 46.5 Å². The van der Waals surface area contributed by atoms with Gasteiger partial charge in [-0.25, -0.2) is 4.79 Å². The van der Waals surface area contributed by atoms with Crippen LogP contribution in [0.25, 0.3) is 16.7 Å². The maximum Gasteiger partial charge on any atom is 0.514 e. The van der Waals surface area contributed by atoms with Crippen LogP contribution in [0.15, 0.2) is 30.3 Å². The van der Waals surface area contributed by atoms with E-state index >= 15 is 0 Å². The lowest BCUT2D eigenvalue weighted by Gasteiger charge is -2.29. The van der Waals surface area contributed by atoms with E-state index in [0.717, 1.165) is 11.1 Å². The molecule has 0 radical (unpaired) electrons. The summed E-state index contributed by atoms with van der Waals surface area (Å²) in [5.74, 6) is 0.381. The minimum atomic E-state index is -0.771. The van der Waals surface area contributed by atoms with E-state index < -0.39 is 11.8 Å². The van der Waals surface area contributed by atoms with Crippen molar-refractivity contribution in [3.8, 4) is 11.4 Å². The lowest BCUT2D eigenvalue weighted by molar-refractivity contribution is 0.0202. The summed E-state index contributed by atoms with van der Waals surface area (Å²) >= 11 is 6.14. The molecule has 1 heterocycles. The van der Waals surface area contributed by atoms with E-state index in [1.807, 2.05) is 12.1 Å². The molecule has 3 rings (SSSR count). The van der Waals surface area contributed by atoms with Gasteiger partial charge in [0.2, 0.25) is 0 Å². The van der Waals surface area contributed by atoms with Gasteiger partial charge in [0.1, 0.15) is 22.3 Å². The quantitative estimate of drug-likeness (QED) is 0.306. The van der Waals surface area contributed by atoms with Gasteiger partial charge in [-0.2, -0.15) is 0 Å². The number of benzene rings is 2. The molecule has 0 saturated heterocycles. The normalized spacial score (nSPS) is 12.8. The van der Waals surface area contributed by atoms with Gasteiger partial charge in [-0.1, -0.05) is 59.2 Å². The van der Waals surface area contributed by atoms with Crippen LogP contribution in [0.4, 0.5) is 4.79 Å². The molecule has 7 heteroatoms. The van der Waals surface area contributed by atoms with Crippen LogP contribution in [-0.2, 0) is 15.6 Å². The number of fused-ring (bicyclic) bond motifs is 1. The molecule has 1 aromatic heterocycles. The molecule has 0 amide bonds. The standard InChI is InChI=1S/C25H32ClN3O3/c1-23(2,3)15-12-17(24(4,5)6)21(31-22(30)32-25(7,8)9)20(13-15)29-27-18-11-10-16(26)14-19(18)28-29/h10-14H,1-9H3. The number of carbonyl (C=O) groups excluding carboxylic acids is 1. The number of aromatic nitrogens is 3. The summed E-state index contributed by atoms with van der Waals surface area (Å²) in [6, 6.07) is 9.40. The summed E-state index contributed by atoms with van der Waals surface area (Å²) in [6.45, 7) is 18.0. The minimum absolute atomic E-state index is 0.144. The second-order valence-electron chi connectivity index (χ2n) is 11.1. The van der Waals surface area contributed by atoms with Crippen molar-refractivity contribution in [1.82, 2.24) is 15.0 Å². The Labute approximate surface area is 194 Å². The lowest BCUT2D eigenvalue weighted by Crippen LogP contribution is -2.28. The fourth-order valence-electron chi connectivity index (χ4n) is 3.21. The van der Waals surface area contributed by atoms with Gasteiger partial charge in [0.05, 0.1) is 0 Å². The summed E-state index contributed by atoms with van der Waals surface area (Å²) in [5, 5.41) is 9.83. The SMILES string of the molecule is CC(C)(C)OC(=O)Oc1c(-n2nc3ccc(Cl)cc3n2)cc(C(C)(C)C)cc1C(C)(C)C. The summed E-state index contributed by atoms with van der Waals surface area (Å²) in [4.78, 5) is 14.2. The summed E-state index contributed by atoms with van der Waals surface area (Å²) in [5.41, 5.74) is 2.72. The summed E-state index contributed by atoms with van der Waals surface area (Å²) < 4.78 is 11.3. The molecule has 0 spiro atoms. The minimum Gasteiger partial charge on any atom is -0.428 e. The van der Waals surface area contributed by atoms with Crippen molar-refractivity contribution in [3.63, 3.8) is 0 Å². The molecule has 32 heavy (non-hydrogen) atoms. The maximum absolute atomic E-state index is 12.7. The molecule has 6 nitrogen and oxygen atoms in total. The number of nitrogens with zero attached hydrogens (tertiary/aromatic N) is 3. The topological polar surface area (TPSA) is 66.2 Å². The molecule has 0 aliphatic rings. The van der Waals surface area contributed by atoms with E-state index in [0.29, 0.717) is 27.5 Å². The molecule has 0 aliphatic heterocycles. The van der Waals surface area contributed by atoms with Crippen molar-refractivity contribution in [2.24, 2.45) is 0 Å². The Kier molecular flexibility index (Phi) is 6.07. The molecule has 172 valence electrons. The predicted octanol–water partition coefficient (Wildman–Crippen LogP) is 6.98. The number of carbonyl (C=O) groups is 1. The maximum atomic E-state index is 12.7. The van der Waals surface area contributed by atoms with Crippen LogP contribution in [0.2, 0.25) is 5.02 Å². The Bertz CT molecular complexity index is 1160. The summed E-state index contributed by atoms with van der Waals surface area (Å²) in [6.07, 6.45) is -0.771. The molecular weight excluding hydrogens is 426 g/mol. The van der Waals surface area contributed by atoms with Crippen LogP contribution >= 0.6 is 11.6 Å². The molecule has 0 fully saturated rings. The van der Waals surface area contributed by atoms with Crippen molar-refractivity contribution >= 4 is 28.8 Å². The second kappa shape index (κ2) is 8.07. The van der Waals surface area contributed by atoms with Crippen molar-refractivity contribution in [1.29, 1.82) is 0 Å². The Hall–Kier alpha value is -2.60. The fourth-order valence-corrected chi connectivity index (χ4v) is 3.38. The first-order valence-corrected chi connectivity index (χ1v) is 11.1. The van der Waals surface area contributed by atoms with Crippen molar-refractivity contribution in [2.45, 2.75) is 78.7 Å². The van der Waals surface area contributed by atoms with E-state index in [4.69, 9.17) is 21.1 Å². The van der Waals surface area contributed by atoms with Crippen LogP contribution in [-0.4, -0.2) is 26.8 Å². The van der Waals surface area contributed by atoms with Crippen molar-refractivity contribution in [2.75, 3.05) is 0 Å². The molecule has 2 aromatic carbocycles. The van der Waals surface area contributed by atoms with E-state index in [2.05, 4.69) is 57.8 Å². The first-order valence-electron chi connectivity index (χ1n) is 10.7. The van der Waals surface area contributed by atoms with Gasteiger partial charge in [-0.15, -0.1) is 15.0 Å². The highest BCUT2D eigenvalue weighted by molar-refractivity contribution is 6.31. The first kappa shape index (κ1) is 24.1. The Morgan fingerprint density at radius 1 is 0.875 bits per heavy atom. The highest BCUT2D eigenvalue weighted by atomic mass is 35.5. The fraction of sp³-hybridized carbons (Fsp3) is 0.480. The second-order valence-corrected chi connectivity index (χ2v) is 11.5. The lowest BCUT2D eigenvalue weighted by atomic mass is 9.79. The molecular formula is C25H32ClN3O3. The number of hydrogen-bond donors (Lipinski definition) is 0. The van der Waals surface area contributed by atoms with Crippen LogP contribution in [0.5, 0.6) is 5.75 Å². The molecule has 0 saturated carbocycles. The van der Waals surface area contributed by atoms with Crippen molar-refractivity contribution < 1.29 is 14.3 Å². The number of hydrogen-bond acceptors (Lipinski definition) is 5. The van der Waals surface area contributed by atoms with Crippen LogP contribution in [0.1, 0.15) is 73.4 Å². The zero-order chi connectivity index (χ0) is 24.1. The van der Waals surface area contributed by atoms with Crippen LogP contribution < -0.4 is 4.74 Å². The smallest absolute Gasteiger partial charge is 0.428 e. The molecule has 0 atom stereocenters. The van der Waals surface area contributed by atoms with E-state index in [-0.39, 0.29) is 10.8 Å². The van der Waals surface area contributed by atoms with E-state index in [1.165, 1.54) is 4.80 Å². The number of halogens is 1. The molecule has 0 bridgehead atoms. The van der Waals surface area contributed by atoms with Gasteiger partial charge >= 0.3 is 6.16 Å². The van der Waals surface area contributed by atoms with Gasteiger partial charge in [0, 0.05) is 10.6 Å². The zero-order valence-corrected chi connectivity index (χ0v) is 21.1. The Balaban J connectivity index is 2.29. The van der Waals surface area contributed by atoms with Gasteiger partial charge < -0.3 is 9.47 Å². The molecule has 3 aromatic rings. The van der Waals surface area contributed by atoms with Gasteiger partial charge in [-0.3, -0.25) is 0 Å². The van der Waals surface area contributed by atoms with Gasteiger partial charge in [0.25, 0.3) is 0 Å². The summed E-state index contributed by atoms with van der Waals surface area (Å²) in [7, 11) is 0. The average Bonchev–Trinajstić information content (AvgIpc) is 3.00. The third-order valence-corrected chi connectivity index (χ3v) is 5.11. The zero-order valence-electron chi connectivity index (χ0n) is 20.3. The van der Waals surface area contributed by atoms with E-state index in [9.17, 15) is 4.79 Å². The Morgan fingerprint density at radius 2 is 1.50 bits per heavy atom. The largest absolute Gasteiger partial charge is 0.514 e. The van der Waals surface area contributed by atoms with Gasteiger partial charge in [0.15, 0.2) is 5.75 Å². The number of rotatable bonds is 2. The average molecular weight is 458 g/mol.